The highest BCUT2D eigenvalue weighted by molar-refractivity contribution is 14.1. The van der Waals surface area contributed by atoms with Gasteiger partial charge in [-0.2, -0.15) is 0 Å². The van der Waals surface area contributed by atoms with Gasteiger partial charge in [0.2, 0.25) is 0 Å². The molecular weight excluding hydrogens is 314 g/mol. The lowest BCUT2D eigenvalue weighted by Crippen LogP contribution is -2.06. The number of hydrogen-bond donors (Lipinski definition) is 1. The second-order valence-electron chi connectivity index (χ2n) is 2.94. The van der Waals surface area contributed by atoms with E-state index in [1.165, 1.54) is 12.1 Å². The van der Waals surface area contributed by atoms with E-state index in [-0.39, 0.29) is 18.4 Å². The molecule has 0 spiro atoms. The fraction of sp³-hybridized carbons (Fsp3) is 0.200. The molecule has 0 atom stereocenters. The predicted octanol–water partition coefficient (Wildman–Crippen LogP) is 2.48. The Balaban J connectivity index is 2.81. The van der Waals surface area contributed by atoms with E-state index < -0.39 is 17.6 Å². The number of benzene rings is 1. The number of carboxylic acids is 1. The maximum Gasteiger partial charge on any atom is 0.303 e. The van der Waals surface area contributed by atoms with Crippen LogP contribution in [-0.4, -0.2) is 16.9 Å². The van der Waals surface area contributed by atoms with Crippen LogP contribution in [0.1, 0.15) is 23.2 Å². The van der Waals surface area contributed by atoms with Gasteiger partial charge in [-0.1, -0.05) is 0 Å². The quantitative estimate of drug-likeness (QED) is 0.684. The van der Waals surface area contributed by atoms with Crippen molar-refractivity contribution < 1.29 is 19.1 Å². The number of carbonyl (C=O) groups excluding carboxylic acids is 1. The van der Waals surface area contributed by atoms with Crippen LogP contribution in [0.3, 0.4) is 0 Å². The number of rotatable bonds is 4. The summed E-state index contributed by atoms with van der Waals surface area (Å²) in [5.74, 6) is -2.14. The molecule has 0 aliphatic rings. The van der Waals surface area contributed by atoms with Crippen LogP contribution in [0.5, 0.6) is 0 Å². The molecule has 0 heterocycles. The van der Waals surface area contributed by atoms with E-state index in [2.05, 4.69) is 0 Å². The molecule has 3 nitrogen and oxygen atoms in total. The lowest BCUT2D eigenvalue weighted by atomic mass is 10.1. The van der Waals surface area contributed by atoms with Crippen LogP contribution in [0, 0.1) is 9.39 Å². The van der Waals surface area contributed by atoms with Crippen LogP contribution < -0.4 is 0 Å². The Morgan fingerprint density at radius 2 is 2.00 bits per heavy atom. The summed E-state index contributed by atoms with van der Waals surface area (Å²) in [6.07, 6.45) is -0.448. The van der Waals surface area contributed by atoms with Crippen molar-refractivity contribution in [3.05, 3.63) is 33.1 Å². The van der Waals surface area contributed by atoms with Gasteiger partial charge in [0.25, 0.3) is 0 Å². The number of carbonyl (C=O) groups is 2. The third kappa shape index (κ3) is 3.58. The number of carboxylic acid groups (broad SMARTS) is 1. The van der Waals surface area contributed by atoms with Crippen molar-refractivity contribution in [3.63, 3.8) is 0 Å². The first kappa shape index (κ1) is 12.1. The zero-order valence-corrected chi connectivity index (χ0v) is 9.82. The molecule has 0 unspecified atom stereocenters. The van der Waals surface area contributed by atoms with Gasteiger partial charge in [0.05, 0.1) is 12.0 Å². The minimum atomic E-state index is -1.06. The summed E-state index contributed by atoms with van der Waals surface area (Å²) in [5, 5.41) is 8.39. The van der Waals surface area contributed by atoms with Crippen LogP contribution in [0.15, 0.2) is 18.2 Å². The summed E-state index contributed by atoms with van der Waals surface area (Å²) in [6, 6.07) is 4.17. The molecule has 1 aromatic carbocycles. The Kier molecular flexibility index (Phi) is 4.19. The third-order valence-electron chi connectivity index (χ3n) is 1.79. The maximum absolute atomic E-state index is 13.2. The summed E-state index contributed by atoms with van der Waals surface area (Å²) >= 11 is 1.96. The molecule has 0 aliphatic carbocycles. The SMILES string of the molecule is O=C(O)CCC(=O)c1cc(I)ccc1F. The van der Waals surface area contributed by atoms with Crippen LogP contribution in [0.4, 0.5) is 4.39 Å². The molecule has 5 heteroatoms. The molecule has 80 valence electrons. The van der Waals surface area contributed by atoms with Gasteiger partial charge in [0.1, 0.15) is 5.82 Å². The van der Waals surface area contributed by atoms with Gasteiger partial charge in [-0.05, 0) is 40.8 Å². The van der Waals surface area contributed by atoms with E-state index >= 15 is 0 Å². The zero-order valence-electron chi connectivity index (χ0n) is 7.67. The van der Waals surface area contributed by atoms with Crippen molar-refractivity contribution in [2.24, 2.45) is 0 Å². The van der Waals surface area contributed by atoms with E-state index in [0.717, 1.165) is 3.57 Å². The molecule has 1 aromatic rings. The molecule has 0 fully saturated rings. The van der Waals surface area contributed by atoms with E-state index in [1.54, 1.807) is 6.07 Å². The van der Waals surface area contributed by atoms with E-state index in [0.29, 0.717) is 0 Å². The van der Waals surface area contributed by atoms with Crippen molar-refractivity contribution in [1.82, 2.24) is 0 Å². The summed E-state index contributed by atoms with van der Waals surface area (Å²) in [5.41, 5.74) is -0.0387. The molecule has 0 bridgehead atoms. The second-order valence-corrected chi connectivity index (χ2v) is 4.19. The number of Topliss-reactive ketones (excluding diaryl/α,β-unsaturated/α-hetero) is 1. The predicted molar refractivity (Wildman–Crippen MR) is 60.3 cm³/mol. The standard InChI is InChI=1S/C10H8FIO3/c11-8-2-1-6(12)5-7(8)9(13)3-4-10(14)15/h1-2,5H,3-4H2,(H,14,15). The minimum Gasteiger partial charge on any atom is -0.481 e. The summed E-state index contributed by atoms with van der Waals surface area (Å²) in [7, 11) is 0. The topological polar surface area (TPSA) is 54.4 Å². The first-order chi connectivity index (χ1) is 7.00. The summed E-state index contributed by atoms with van der Waals surface area (Å²) in [6.45, 7) is 0. The summed E-state index contributed by atoms with van der Waals surface area (Å²) < 4.78 is 13.9. The van der Waals surface area contributed by atoms with Crippen LogP contribution in [-0.2, 0) is 4.79 Å². The lowest BCUT2D eigenvalue weighted by Gasteiger charge is -2.01. The van der Waals surface area contributed by atoms with Crippen LogP contribution in [0.2, 0.25) is 0 Å². The van der Waals surface area contributed by atoms with E-state index in [4.69, 9.17) is 5.11 Å². The maximum atomic E-state index is 13.2. The minimum absolute atomic E-state index is 0.0387. The lowest BCUT2D eigenvalue weighted by molar-refractivity contribution is -0.136. The van der Waals surface area contributed by atoms with Gasteiger partial charge in [0, 0.05) is 9.99 Å². The molecule has 0 amide bonds. The Bertz CT molecular complexity index is 404. The molecule has 1 rings (SSSR count). The van der Waals surface area contributed by atoms with E-state index in [9.17, 15) is 14.0 Å². The number of aliphatic carboxylic acids is 1. The highest BCUT2D eigenvalue weighted by Gasteiger charge is 2.13. The van der Waals surface area contributed by atoms with Gasteiger partial charge in [0.15, 0.2) is 5.78 Å². The third-order valence-corrected chi connectivity index (χ3v) is 2.47. The monoisotopic (exact) mass is 322 g/mol. The Morgan fingerprint density at radius 1 is 1.33 bits per heavy atom. The van der Waals surface area contributed by atoms with Crippen molar-refractivity contribution in [1.29, 1.82) is 0 Å². The van der Waals surface area contributed by atoms with Crippen LogP contribution >= 0.6 is 22.6 Å². The van der Waals surface area contributed by atoms with E-state index in [1.807, 2.05) is 22.6 Å². The molecule has 0 saturated carbocycles. The number of halogens is 2. The molecule has 1 N–H and O–H groups in total. The first-order valence-corrected chi connectivity index (χ1v) is 5.28. The molecule has 0 aromatic heterocycles. The average molecular weight is 322 g/mol. The van der Waals surface area contributed by atoms with Gasteiger partial charge in [-0.3, -0.25) is 9.59 Å². The Morgan fingerprint density at radius 3 is 2.60 bits per heavy atom. The fourth-order valence-corrected chi connectivity index (χ4v) is 1.56. The average Bonchev–Trinajstić information content (AvgIpc) is 2.18. The second kappa shape index (κ2) is 5.20. The van der Waals surface area contributed by atoms with Crippen molar-refractivity contribution in [2.75, 3.05) is 0 Å². The van der Waals surface area contributed by atoms with Gasteiger partial charge in [-0.15, -0.1) is 0 Å². The highest BCUT2D eigenvalue weighted by Crippen LogP contribution is 2.15. The van der Waals surface area contributed by atoms with Crippen molar-refractivity contribution in [2.45, 2.75) is 12.8 Å². The van der Waals surface area contributed by atoms with Crippen molar-refractivity contribution in [3.8, 4) is 0 Å². The molecule has 15 heavy (non-hydrogen) atoms. The summed E-state index contributed by atoms with van der Waals surface area (Å²) in [4.78, 5) is 21.7. The van der Waals surface area contributed by atoms with Crippen LogP contribution in [0.25, 0.3) is 0 Å². The Hall–Kier alpha value is -0.980. The normalized spacial score (nSPS) is 10.0. The smallest absolute Gasteiger partial charge is 0.303 e. The molecular formula is C10H8FIO3. The fourth-order valence-electron chi connectivity index (χ4n) is 1.07. The zero-order chi connectivity index (χ0) is 11.4. The van der Waals surface area contributed by atoms with Gasteiger partial charge >= 0.3 is 5.97 Å². The molecule has 0 saturated heterocycles. The molecule has 0 radical (unpaired) electrons. The van der Waals surface area contributed by atoms with Crippen molar-refractivity contribution >= 4 is 34.3 Å². The number of hydrogen-bond acceptors (Lipinski definition) is 2. The first-order valence-electron chi connectivity index (χ1n) is 4.20. The number of ketones is 1. The Labute approximate surface area is 99.4 Å². The molecule has 0 aliphatic heterocycles. The van der Waals surface area contributed by atoms with Gasteiger partial charge < -0.3 is 5.11 Å². The largest absolute Gasteiger partial charge is 0.481 e. The van der Waals surface area contributed by atoms with Gasteiger partial charge in [-0.25, -0.2) is 4.39 Å². The highest BCUT2D eigenvalue weighted by atomic mass is 127.